The van der Waals surface area contributed by atoms with Crippen LogP contribution in [-0.2, 0) is 0 Å². The lowest BCUT2D eigenvalue weighted by Crippen LogP contribution is -2.05. The van der Waals surface area contributed by atoms with Crippen LogP contribution in [0, 0.1) is 17.1 Å². The van der Waals surface area contributed by atoms with Gasteiger partial charge in [-0.1, -0.05) is 6.07 Å². The summed E-state index contributed by atoms with van der Waals surface area (Å²) in [6, 6.07) is 12.9. The standard InChI is InChI=1S/C15H13FN2O/c1-10(18)12-4-7-15(14(16)8-12)19-13-5-2-11(9-17)3-6-13/h2-8,10H,18H2,1H3/t10-/m1/s1. The van der Waals surface area contributed by atoms with E-state index in [2.05, 4.69) is 0 Å². The molecule has 0 spiro atoms. The van der Waals surface area contributed by atoms with E-state index in [1.54, 1.807) is 43.3 Å². The molecule has 2 aromatic rings. The molecule has 0 aliphatic carbocycles. The highest BCUT2D eigenvalue weighted by atomic mass is 19.1. The van der Waals surface area contributed by atoms with Gasteiger partial charge in [-0.25, -0.2) is 4.39 Å². The van der Waals surface area contributed by atoms with Crippen molar-refractivity contribution < 1.29 is 9.13 Å². The van der Waals surface area contributed by atoms with Crippen molar-refractivity contribution in [2.45, 2.75) is 13.0 Å². The van der Waals surface area contributed by atoms with Gasteiger partial charge in [0.1, 0.15) is 5.75 Å². The van der Waals surface area contributed by atoms with Crippen LogP contribution in [0.25, 0.3) is 0 Å². The highest BCUT2D eigenvalue weighted by Gasteiger charge is 2.08. The molecule has 0 saturated carbocycles. The second-order valence-electron chi connectivity index (χ2n) is 4.22. The van der Waals surface area contributed by atoms with Gasteiger partial charge < -0.3 is 10.5 Å². The first-order valence-corrected chi connectivity index (χ1v) is 5.83. The zero-order valence-corrected chi connectivity index (χ0v) is 10.4. The van der Waals surface area contributed by atoms with Crippen LogP contribution >= 0.6 is 0 Å². The first kappa shape index (κ1) is 13.1. The summed E-state index contributed by atoms with van der Waals surface area (Å²) in [6.07, 6.45) is 0. The van der Waals surface area contributed by atoms with Crippen molar-refractivity contribution in [3.05, 3.63) is 59.4 Å². The van der Waals surface area contributed by atoms with Crippen molar-refractivity contribution >= 4 is 0 Å². The molecule has 2 aromatic carbocycles. The molecule has 0 unspecified atom stereocenters. The molecule has 0 heterocycles. The number of ether oxygens (including phenoxy) is 1. The second kappa shape index (κ2) is 5.51. The maximum absolute atomic E-state index is 13.8. The predicted molar refractivity (Wildman–Crippen MR) is 70.2 cm³/mol. The number of nitriles is 1. The molecular weight excluding hydrogens is 243 g/mol. The van der Waals surface area contributed by atoms with Gasteiger partial charge in [-0.2, -0.15) is 5.26 Å². The minimum atomic E-state index is -0.459. The molecule has 3 nitrogen and oxygen atoms in total. The Kier molecular flexibility index (Phi) is 3.79. The van der Waals surface area contributed by atoms with Crippen LogP contribution in [0.15, 0.2) is 42.5 Å². The Bertz CT molecular complexity index is 615. The van der Waals surface area contributed by atoms with Gasteiger partial charge in [-0.05, 0) is 48.9 Å². The smallest absolute Gasteiger partial charge is 0.166 e. The van der Waals surface area contributed by atoms with Gasteiger partial charge in [0.15, 0.2) is 11.6 Å². The first-order valence-electron chi connectivity index (χ1n) is 5.83. The summed E-state index contributed by atoms with van der Waals surface area (Å²) in [7, 11) is 0. The number of nitrogens with two attached hydrogens (primary N) is 1. The van der Waals surface area contributed by atoms with Crippen LogP contribution < -0.4 is 10.5 Å². The normalized spacial score (nSPS) is 11.7. The molecule has 2 rings (SSSR count). The molecule has 96 valence electrons. The fourth-order valence-electron chi connectivity index (χ4n) is 1.61. The number of nitrogens with zero attached hydrogens (tertiary/aromatic N) is 1. The summed E-state index contributed by atoms with van der Waals surface area (Å²) in [6.45, 7) is 1.79. The van der Waals surface area contributed by atoms with E-state index >= 15 is 0 Å². The largest absolute Gasteiger partial charge is 0.454 e. The van der Waals surface area contributed by atoms with Gasteiger partial charge in [-0.3, -0.25) is 0 Å². The van der Waals surface area contributed by atoms with Crippen molar-refractivity contribution in [2.24, 2.45) is 5.73 Å². The fraction of sp³-hybridized carbons (Fsp3) is 0.133. The molecule has 1 atom stereocenters. The van der Waals surface area contributed by atoms with E-state index in [0.29, 0.717) is 16.9 Å². The average molecular weight is 256 g/mol. The Morgan fingerprint density at radius 3 is 2.42 bits per heavy atom. The van der Waals surface area contributed by atoms with Crippen LogP contribution in [0.1, 0.15) is 24.1 Å². The zero-order valence-electron chi connectivity index (χ0n) is 10.4. The van der Waals surface area contributed by atoms with Gasteiger partial charge in [0.2, 0.25) is 0 Å². The number of benzene rings is 2. The van der Waals surface area contributed by atoms with Crippen LogP contribution in [-0.4, -0.2) is 0 Å². The van der Waals surface area contributed by atoms with Gasteiger partial charge >= 0.3 is 0 Å². The van der Waals surface area contributed by atoms with E-state index in [4.69, 9.17) is 15.7 Å². The Labute approximate surface area is 111 Å². The summed E-state index contributed by atoms with van der Waals surface area (Å²) >= 11 is 0. The van der Waals surface area contributed by atoms with Crippen molar-refractivity contribution in [3.63, 3.8) is 0 Å². The third-order valence-corrected chi connectivity index (χ3v) is 2.69. The van der Waals surface area contributed by atoms with Crippen LogP contribution in [0.5, 0.6) is 11.5 Å². The van der Waals surface area contributed by atoms with E-state index in [-0.39, 0.29) is 11.8 Å². The quantitative estimate of drug-likeness (QED) is 0.914. The van der Waals surface area contributed by atoms with Crippen molar-refractivity contribution in [1.29, 1.82) is 5.26 Å². The average Bonchev–Trinajstić information content (AvgIpc) is 2.41. The van der Waals surface area contributed by atoms with E-state index < -0.39 is 5.82 Å². The third-order valence-electron chi connectivity index (χ3n) is 2.69. The van der Waals surface area contributed by atoms with Crippen molar-refractivity contribution in [1.82, 2.24) is 0 Å². The number of rotatable bonds is 3. The molecule has 19 heavy (non-hydrogen) atoms. The lowest BCUT2D eigenvalue weighted by Gasteiger charge is -2.10. The molecule has 0 amide bonds. The van der Waals surface area contributed by atoms with Crippen LogP contribution in [0.2, 0.25) is 0 Å². The van der Waals surface area contributed by atoms with Gasteiger partial charge in [0.05, 0.1) is 11.6 Å². The summed E-state index contributed by atoms with van der Waals surface area (Å²) in [5.41, 5.74) is 6.92. The summed E-state index contributed by atoms with van der Waals surface area (Å²) in [5, 5.41) is 8.68. The lowest BCUT2D eigenvalue weighted by atomic mass is 10.1. The number of halogens is 1. The molecule has 2 N–H and O–H groups in total. The minimum Gasteiger partial charge on any atom is -0.454 e. The molecule has 0 aliphatic rings. The second-order valence-corrected chi connectivity index (χ2v) is 4.22. The topological polar surface area (TPSA) is 59.0 Å². The Balaban J connectivity index is 2.21. The highest BCUT2D eigenvalue weighted by Crippen LogP contribution is 2.26. The van der Waals surface area contributed by atoms with E-state index in [0.717, 1.165) is 0 Å². The Morgan fingerprint density at radius 1 is 1.21 bits per heavy atom. The lowest BCUT2D eigenvalue weighted by molar-refractivity contribution is 0.441. The van der Waals surface area contributed by atoms with E-state index in [1.807, 2.05) is 6.07 Å². The third kappa shape index (κ3) is 3.09. The van der Waals surface area contributed by atoms with Crippen molar-refractivity contribution in [2.75, 3.05) is 0 Å². The molecule has 0 fully saturated rings. The molecule has 0 aliphatic heterocycles. The minimum absolute atomic E-state index is 0.133. The molecule has 0 bridgehead atoms. The number of hydrogen-bond acceptors (Lipinski definition) is 3. The molecule has 0 saturated heterocycles. The van der Waals surface area contributed by atoms with Gasteiger partial charge in [0.25, 0.3) is 0 Å². The maximum atomic E-state index is 13.8. The van der Waals surface area contributed by atoms with E-state index in [9.17, 15) is 4.39 Å². The highest BCUT2D eigenvalue weighted by molar-refractivity contribution is 5.38. The summed E-state index contributed by atoms with van der Waals surface area (Å²) in [4.78, 5) is 0. The Hall–Kier alpha value is -2.38. The predicted octanol–water partition coefficient (Wildman–Crippen LogP) is 3.51. The molecular formula is C15H13FN2O. The monoisotopic (exact) mass is 256 g/mol. The summed E-state index contributed by atoms with van der Waals surface area (Å²) in [5.74, 6) is 0.153. The van der Waals surface area contributed by atoms with Crippen molar-refractivity contribution in [3.8, 4) is 17.6 Å². The molecule has 0 aromatic heterocycles. The number of hydrogen-bond donors (Lipinski definition) is 1. The fourth-order valence-corrected chi connectivity index (χ4v) is 1.61. The van der Waals surface area contributed by atoms with E-state index in [1.165, 1.54) is 6.07 Å². The SMILES string of the molecule is C[C@@H](N)c1ccc(Oc2ccc(C#N)cc2)c(F)c1. The zero-order chi connectivity index (χ0) is 13.8. The van der Waals surface area contributed by atoms with Crippen LogP contribution in [0.4, 0.5) is 4.39 Å². The maximum Gasteiger partial charge on any atom is 0.166 e. The molecule has 4 heteroatoms. The first-order chi connectivity index (χ1) is 9.10. The molecule has 0 radical (unpaired) electrons. The van der Waals surface area contributed by atoms with Crippen LogP contribution in [0.3, 0.4) is 0 Å². The Morgan fingerprint density at radius 2 is 1.89 bits per heavy atom. The van der Waals surface area contributed by atoms with Gasteiger partial charge in [-0.15, -0.1) is 0 Å². The summed E-state index contributed by atoms with van der Waals surface area (Å²) < 4.78 is 19.2. The van der Waals surface area contributed by atoms with Gasteiger partial charge in [0, 0.05) is 6.04 Å².